The molecule has 0 bridgehead atoms. The highest BCUT2D eigenvalue weighted by atomic mass is 19.1. The molecule has 4 heteroatoms. The third-order valence-corrected chi connectivity index (χ3v) is 2.40. The van der Waals surface area contributed by atoms with Crippen LogP contribution < -0.4 is 4.74 Å². The van der Waals surface area contributed by atoms with E-state index in [0.29, 0.717) is 12.2 Å². The van der Waals surface area contributed by atoms with Gasteiger partial charge in [-0.15, -0.1) is 0 Å². The van der Waals surface area contributed by atoms with Gasteiger partial charge in [-0.05, 0) is 18.6 Å². The number of benzene rings is 1. The van der Waals surface area contributed by atoms with Gasteiger partial charge in [-0.1, -0.05) is 31.9 Å². The maximum absolute atomic E-state index is 13.6. The van der Waals surface area contributed by atoms with Gasteiger partial charge in [-0.3, -0.25) is 0 Å². The van der Waals surface area contributed by atoms with E-state index in [-0.39, 0.29) is 5.75 Å². The monoisotopic (exact) mass is 252 g/mol. The molecule has 0 aromatic heterocycles. The first-order valence-electron chi connectivity index (χ1n) is 5.97. The molecule has 0 radical (unpaired) electrons. The second-order valence-electron chi connectivity index (χ2n) is 3.89. The van der Waals surface area contributed by atoms with Gasteiger partial charge in [0.05, 0.1) is 6.61 Å². The number of hydrogen-bond acceptors (Lipinski definition) is 2. The minimum atomic E-state index is -1.07. The Bertz CT molecular complexity index is 427. The molecule has 1 N–H and O–H groups in total. The molecule has 1 aromatic carbocycles. The summed E-state index contributed by atoms with van der Waals surface area (Å²) in [5.74, 6) is -1.43. The average molecular weight is 252 g/mol. The van der Waals surface area contributed by atoms with Crippen LogP contribution in [0.15, 0.2) is 24.3 Å². The molecule has 18 heavy (non-hydrogen) atoms. The number of para-hydroxylation sites is 1. The van der Waals surface area contributed by atoms with Crippen molar-refractivity contribution in [2.24, 2.45) is 0 Å². The van der Waals surface area contributed by atoms with Crippen LogP contribution >= 0.6 is 0 Å². The van der Waals surface area contributed by atoms with Crippen LogP contribution in [0.2, 0.25) is 0 Å². The van der Waals surface area contributed by atoms with E-state index < -0.39 is 11.8 Å². The van der Waals surface area contributed by atoms with Gasteiger partial charge in [0.2, 0.25) is 0 Å². The fraction of sp³-hybridized carbons (Fsp3) is 0.357. The Labute approximate surface area is 106 Å². The van der Waals surface area contributed by atoms with Gasteiger partial charge >= 0.3 is 5.97 Å². The van der Waals surface area contributed by atoms with Crippen LogP contribution in [0.25, 0.3) is 6.08 Å². The van der Waals surface area contributed by atoms with Crippen LogP contribution in [-0.4, -0.2) is 17.7 Å². The Morgan fingerprint density at radius 1 is 1.44 bits per heavy atom. The molecule has 1 rings (SSSR count). The lowest BCUT2D eigenvalue weighted by atomic mass is 10.1. The minimum absolute atomic E-state index is 0.117. The molecule has 0 amide bonds. The molecule has 0 saturated heterocycles. The second kappa shape index (κ2) is 7.48. The quantitative estimate of drug-likeness (QED) is 0.597. The number of aliphatic carboxylic acids is 1. The summed E-state index contributed by atoms with van der Waals surface area (Å²) in [7, 11) is 0. The maximum Gasteiger partial charge on any atom is 0.328 e. The number of halogens is 1. The zero-order valence-electron chi connectivity index (χ0n) is 10.4. The van der Waals surface area contributed by atoms with Crippen molar-refractivity contribution in [1.29, 1.82) is 0 Å². The fourth-order valence-electron chi connectivity index (χ4n) is 1.50. The summed E-state index contributed by atoms with van der Waals surface area (Å²) in [6.45, 7) is 2.51. The lowest BCUT2D eigenvalue weighted by Crippen LogP contribution is -2.01. The predicted molar refractivity (Wildman–Crippen MR) is 68.1 cm³/mol. The molecule has 3 nitrogen and oxygen atoms in total. The van der Waals surface area contributed by atoms with Crippen LogP contribution in [0.4, 0.5) is 4.39 Å². The lowest BCUT2D eigenvalue weighted by Gasteiger charge is -2.09. The number of carboxylic acid groups (broad SMARTS) is 1. The van der Waals surface area contributed by atoms with Crippen LogP contribution in [0, 0.1) is 5.82 Å². The zero-order valence-corrected chi connectivity index (χ0v) is 10.4. The average Bonchev–Trinajstić information content (AvgIpc) is 2.34. The van der Waals surface area contributed by atoms with Crippen molar-refractivity contribution in [3.63, 3.8) is 0 Å². The predicted octanol–water partition coefficient (Wildman–Crippen LogP) is 3.49. The smallest absolute Gasteiger partial charge is 0.328 e. The molecule has 0 unspecified atom stereocenters. The van der Waals surface area contributed by atoms with Gasteiger partial charge in [-0.25, -0.2) is 9.18 Å². The SMILES string of the molecule is CCCCCOc1c(F)cccc1/C=C/C(=O)O. The first-order valence-corrected chi connectivity index (χ1v) is 5.97. The molecular weight excluding hydrogens is 235 g/mol. The third-order valence-electron chi connectivity index (χ3n) is 2.40. The molecule has 0 atom stereocenters. The van der Waals surface area contributed by atoms with Gasteiger partial charge in [0.25, 0.3) is 0 Å². The molecule has 0 heterocycles. The van der Waals surface area contributed by atoms with E-state index >= 15 is 0 Å². The van der Waals surface area contributed by atoms with Crippen molar-refractivity contribution in [2.45, 2.75) is 26.2 Å². The number of ether oxygens (including phenoxy) is 1. The van der Waals surface area contributed by atoms with Gasteiger partial charge in [0, 0.05) is 11.6 Å². The number of carboxylic acids is 1. The molecule has 0 aliphatic heterocycles. The van der Waals surface area contributed by atoms with Gasteiger partial charge in [0.1, 0.15) is 0 Å². The molecule has 0 saturated carbocycles. The van der Waals surface area contributed by atoms with E-state index in [1.807, 2.05) is 0 Å². The normalized spacial score (nSPS) is 10.8. The highest BCUT2D eigenvalue weighted by Crippen LogP contribution is 2.24. The summed E-state index contributed by atoms with van der Waals surface area (Å²) < 4.78 is 19.0. The Kier molecular flexibility index (Phi) is 5.91. The van der Waals surface area contributed by atoms with Crippen molar-refractivity contribution in [2.75, 3.05) is 6.61 Å². The fourth-order valence-corrected chi connectivity index (χ4v) is 1.50. The van der Waals surface area contributed by atoms with Crippen molar-refractivity contribution in [3.05, 3.63) is 35.7 Å². The highest BCUT2D eigenvalue weighted by Gasteiger charge is 2.07. The number of carbonyl (C=O) groups is 1. The van der Waals surface area contributed by atoms with Gasteiger partial charge in [0.15, 0.2) is 11.6 Å². The van der Waals surface area contributed by atoms with E-state index in [0.717, 1.165) is 25.3 Å². The van der Waals surface area contributed by atoms with E-state index in [1.54, 1.807) is 6.07 Å². The Balaban J connectivity index is 2.77. The highest BCUT2D eigenvalue weighted by molar-refractivity contribution is 5.85. The zero-order chi connectivity index (χ0) is 13.4. The van der Waals surface area contributed by atoms with E-state index in [1.165, 1.54) is 18.2 Å². The summed E-state index contributed by atoms with van der Waals surface area (Å²) in [5, 5.41) is 8.56. The molecule has 98 valence electrons. The van der Waals surface area contributed by atoms with E-state index in [4.69, 9.17) is 9.84 Å². The molecule has 0 spiro atoms. The second-order valence-corrected chi connectivity index (χ2v) is 3.89. The molecule has 1 aromatic rings. The topological polar surface area (TPSA) is 46.5 Å². The summed E-state index contributed by atoms with van der Waals surface area (Å²) in [6, 6.07) is 4.45. The molecule has 0 aliphatic rings. The van der Waals surface area contributed by atoms with E-state index in [9.17, 15) is 9.18 Å². The van der Waals surface area contributed by atoms with Crippen molar-refractivity contribution >= 4 is 12.0 Å². The molecule has 0 aliphatic carbocycles. The first kappa shape index (κ1) is 14.2. The molecular formula is C14H17FO3. The minimum Gasteiger partial charge on any atom is -0.490 e. The number of hydrogen-bond donors (Lipinski definition) is 1. The summed E-state index contributed by atoms with van der Waals surface area (Å²) in [6.07, 6.45) is 5.24. The summed E-state index contributed by atoms with van der Waals surface area (Å²) in [4.78, 5) is 10.4. The van der Waals surface area contributed by atoms with Crippen LogP contribution in [0.5, 0.6) is 5.75 Å². The molecule has 0 fully saturated rings. The summed E-state index contributed by atoms with van der Waals surface area (Å²) >= 11 is 0. The Hall–Kier alpha value is -1.84. The summed E-state index contributed by atoms with van der Waals surface area (Å²) in [5.41, 5.74) is 0.439. The number of rotatable bonds is 7. The largest absolute Gasteiger partial charge is 0.490 e. The van der Waals surface area contributed by atoms with Crippen molar-refractivity contribution in [3.8, 4) is 5.75 Å². The van der Waals surface area contributed by atoms with Crippen LogP contribution in [0.3, 0.4) is 0 Å². The Morgan fingerprint density at radius 3 is 2.89 bits per heavy atom. The number of unbranched alkanes of at least 4 members (excludes halogenated alkanes) is 2. The van der Waals surface area contributed by atoms with Gasteiger partial charge in [-0.2, -0.15) is 0 Å². The standard InChI is InChI=1S/C14H17FO3/c1-2-3-4-10-18-14-11(8-9-13(16)17)6-5-7-12(14)15/h5-9H,2-4,10H2,1H3,(H,16,17)/b9-8+. The van der Waals surface area contributed by atoms with Crippen molar-refractivity contribution in [1.82, 2.24) is 0 Å². The Morgan fingerprint density at radius 2 is 2.22 bits per heavy atom. The lowest BCUT2D eigenvalue weighted by molar-refractivity contribution is -0.131. The maximum atomic E-state index is 13.6. The third kappa shape index (κ3) is 4.57. The van der Waals surface area contributed by atoms with Crippen LogP contribution in [-0.2, 0) is 4.79 Å². The van der Waals surface area contributed by atoms with Gasteiger partial charge < -0.3 is 9.84 Å². The first-order chi connectivity index (χ1) is 8.65. The van der Waals surface area contributed by atoms with Crippen molar-refractivity contribution < 1.29 is 19.0 Å². The van der Waals surface area contributed by atoms with E-state index in [2.05, 4.69) is 6.92 Å². The van der Waals surface area contributed by atoms with Crippen LogP contribution in [0.1, 0.15) is 31.7 Å².